The average molecular weight is 437 g/mol. The Hall–Kier alpha value is -2.74. The monoisotopic (exact) mass is 436 g/mol. The first-order valence-electron chi connectivity index (χ1n) is 9.97. The van der Waals surface area contributed by atoms with Gasteiger partial charge in [-0.15, -0.1) is 0 Å². The van der Waals surface area contributed by atoms with Gasteiger partial charge in [-0.05, 0) is 55.9 Å². The van der Waals surface area contributed by atoms with Gasteiger partial charge < -0.3 is 25.2 Å². The number of carboxylic acids is 1. The van der Waals surface area contributed by atoms with Crippen LogP contribution in [0.1, 0.15) is 32.1 Å². The van der Waals surface area contributed by atoms with Gasteiger partial charge in [-0.1, -0.05) is 11.6 Å². The van der Waals surface area contributed by atoms with Crippen LogP contribution in [0.15, 0.2) is 35.6 Å². The molecule has 1 fully saturated rings. The second-order valence-electron chi connectivity index (χ2n) is 7.61. The van der Waals surface area contributed by atoms with E-state index in [-0.39, 0.29) is 29.8 Å². The van der Waals surface area contributed by atoms with Crippen LogP contribution in [0.25, 0.3) is 0 Å². The highest BCUT2D eigenvalue weighted by Crippen LogP contribution is 2.30. The van der Waals surface area contributed by atoms with Crippen molar-refractivity contribution in [2.75, 3.05) is 19.6 Å². The summed E-state index contributed by atoms with van der Waals surface area (Å²) in [6, 6.07) is 7.27. The molecular formula is C21H25ClN2O6. The molecule has 1 heterocycles. The smallest absolute Gasteiger partial charge is 0.322 e. The summed E-state index contributed by atoms with van der Waals surface area (Å²) in [4.78, 5) is 37.0. The number of nitrogens with one attached hydrogen (secondary N) is 1. The van der Waals surface area contributed by atoms with Crippen molar-refractivity contribution in [1.82, 2.24) is 10.2 Å². The average Bonchev–Trinajstić information content (AvgIpc) is 2.72. The number of ether oxygens (including phenoxy) is 1. The predicted octanol–water partition coefficient (Wildman–Crippen LogP) is 2.52. The van der Waals surface area contributed by atoms with Crippen LogP contribution >= 0.6 is 11.6 Å². The molecule has 0 spiro atoms. The lowest BCUT2D eigenvalue weighted by molar-refractivity contribution is -0.138. The molecule has 9 heteroatoms. The van der Waals surface area contributed by atoms with E-state index in [0.717, 1.165) is 31.4 Å². The number of aliphatic carboxylic acids is 1. The first-order valence-corrected chi connectivity index (χ1v) is 10.3. The number of benzene rings is 1. The van der Waals surface area contributed by atoms with E-state index in [1.807, 2.05) is 12.1 Å². The largest absolute Gasteiger partial charge is 0.511 e. The Morgan fingerprint density at radius 1 is 1.17 bits per heavy atom. The normalized spacial score (nSPS) is 22.0. The van der Waals surface area contributed by atoms with Crippen molar-refractivity contribution in [2.24, 2.45) is 5.92 Å². The van der Waals surface area contributed by atoms with Crippen molar-refractivity contribution in [3.8, 4) is 5.75 Å². The van der Waals surface area contributed by atoms with Gasteiger partial charge in [0, 0.05) is 24.5 Å². The van der Waals surface area contributed by atoms with E-state index < -0.39 is 24.3 Å². The molecule has 2 amide bonds. The van der Waals surface area contributed by atoms with E-state index in [1.54, 1.807) is 17.0 Å². The molecule has 30 heavy (non-hydrogen) atoms. The maximum atomic E-state index is 12.7. The summed E-state index contributed by atoms with van der Waals surface area (Å²) in [5.74, 6) is -1.86. The van der Waals surface area contributed by atoms with Crippen molar-refractivity contribution in [2.45, 2.75) is 38.2 Å². The maximum Gasteiger partial charge on any atom is 0.322 e. The first-order chi connectivity index (χ1) is 14.3. The second-order valence-corrected chi connectivity index (χ2v) is 8.05. The Kier molecular flexibility index (Phi) is 7.20. The van der Waals surface area contributed by atoms with E-state index in [1.165, 1.54) is 0 Å². The molecule has 1 aromatic carbocycles. The Morgan fingerprint density at radius 3 is 2.47 bits per heavy atom. The lowest BCUT2D eigenvalue weighted by Gasteiger charge is -2.34. The predicted molar refractivity (Wildman–Crippen MR) is 109 cm³/mol. The molecule has 0 unspecified atom stereocenters. The number of carbonyl (C=O) groups excluding carboxylic acids is 2. The number of aliphatic hydroxyl groups is 1. The summed E-state index contributed by atoms with van der Waals surface area (Å²) in [7, 11) is 0. The number of rotatable bonds is 7. The van der Waals surface area contributed by atoms with Gasteiger partial charge >= 0.3 is 5.97 Å². The summed E-state index contributed by atoms with van der Waals surface area (Å²) in [5.41, 5.74) is -0.359. The quantitative estimate of drug-likeness (QED) is 0.565. The molecule has 0 bridgehead atoms. The van der Waals surface area contributed by atoms with Gasteiger partial charge in [0.05, 0.1) is 6.10 Å². The number of hydrogen-bond acceptors (Lipinski definition) is 5. The number of carbonyl (C=O) groups is 3. The Balaban J connectivity index is 1.51. The lowest BCUT2D eigenvalue weighted by Crippen LogP contribution is -2.45. The van der Waals surface area contributed by atoms with Gasteiger partial charge in [0.1, 0.15) is 23.6 Å². The van der Waals surface area contributed by atoms with Crippen LogP contribution in [0, 0.1) is 5.92 Å². The Morgan fingerprint density at radius 2 is 1.83 bits per heavy atom. The Labute approximate surface area is 179 Å². The number of halogens is 1. The van der Waals surface area contributed by atoms with Crippen LogP contribution in [-0.2, 0) is 14.4 Å². The fourth-order valence-corrected chi connectivity index (χ4v) is 3.97. The minimum Gasteiger partial charge on any atom is -0.511 e. The molecule has 8 nitrogen and oxygen atoms in total. The molecule has 1 aromatic rings. The minimum absolute atomic E-state index is 0.112. The molecule has 1 aliphatic heterocycles. The van der Waals surface area contributed by atoms with Crippen LogP contribution in [0.5, 0.6) is 5.75 Å². The van der Waals surface area contributed by atoms with Gasteiger partial charge in [-0.25, -0.2) is 0 Å². The van der Waals surface area contributed by atoms with Crippen molar-refractivity contribution < 1.29 is 29.3 Å². The fraction of sp³-hybridized carbons (Fsp3) is 0.476. The highest BCUT2D eigenvalue weighted by molar-refractivity contribution is 6.30. The van der Waals surface area contributed by atoms with Crippen molar-refractivity contribution in [1.29, 1.82) is 0 Å². The highest BCUT2D eigenvalue weighted by Gasteiger charge is 2.34. The third-order valence-electron chi connectivity index (χ3n) is 5.42. The number of aliphatic hydroxyl groups excluding tert-OH is 1. The molecule has 3 rings (SSSR count). The second kappa shape index (κ2) is 9.84. The molecular weight excluding hydrogens is 412 g/mol. The number of hydrogen-bond donors (Lipinski definition) is 3. The van der Waals surface area contributed by atoms with Crippen LogP contribution < -0.4 is 10.1 Å². The maximum absolute atomic E-state index is 12.7. The third kappa shape index (κ3) is 5.66. The summed E-state index contributed by atoms with van der Waals surface area (Å²) in [5, 5.41) is 21.5. The summed E-state index contributed by atoms with van der Waals surface area (Å²) in [6.07, 6.45) is 3.79. The van der Waals surface area contributed by atoms with Crippen molar-refractivity contribution in [3.05, 3.63) is 40.6 Å². The molecule has 0 radical (unpaired) electrons. The van der Waals surface area contributed by atoms with Crippen LogP contribution in [0.3, 0.4) is 0 Å². The summed E-state index contributed by atoms with van der Waals surface area (Å²) >= 11 is 5.89. The molecule has 162 valence electrons. The molecule has 2 aliphatic rings. The standard InChI is InChI=1S/C21H25ClN2O6/c22-14-3-7-16(8-4-14)30-15-5-1-13(2-6-15)12-24-10-9-17(25)19(21(24)29)20(28)23-11-18(26)27/h3-4,7-8,13,15,25H,1-2,5-6,9-12H2,(H,23,28)(H,26,27). The van der Waals surface area contributed by atoms with E-state index in [9.17, 15) is 19.5 Å². The van der Waals surface area contributed by atoms with Crippen molar-refractivity contribution >= 4 is 29.4 Å². The number of amides is 2. The Bertz CT molecular complexity index is 830. The summed E-state index contributed by atoms with van der Waals surface area (Å²) in [6.45, 7) is 0.220. The van der Waals surface area contributed by atoms with Gasteiger partial charge in [-0.2, -0.15) is 0 Å². The molecule has 3 N–H and O–H groups in total. The van der Waals surface area contributed by atoms with Crippen LogP contribution in [0.2, 0.25) is 5.02 Å². The van der Waals surface area contributed by atoms with Gasteiger partial charge in [-0.3, -0.25) is 14.4 Å². The van der Waals surface area contributed by atoms with E-state index in [2.05, 4.69) is 5.32 Å². The lowest BCUT2D eigenvalue weighted by atomic mass is 9.86. The SMILES string of the molecule is O=C(O)CNC(=O)C1=C(O)CCN(CC2CCC(Oc3ccc(Cl)cc3)CC2)C1=O. The first kappa shape index (κ1) is 22.0. The summed E-state index contributed by atoms with van der Waals surface area (Å²) < 4.78 is 6.00. The van der Waals surface area contributed by atoms with E-state index in [0.29, 0.717) is 18.1 Å². The fourth-order valence-electron chi connectivity index (χ4n) is 3.85. The van der Waals surface area contributed by atoms with Gasteiger partial charge in [0.15, 0.2) is 0 Å². The molecule has 1 saturated carbocycles. The molecule has 0 saturated heterocycles. The third-order valence-corrected chi connectivity index (χ3v) is 5.68. The van der Waals surface area contributed by atoms with Gasteiger partial charge in [0.2, 0.25) is 0 Å². The zero-order valence-electron chi connectivity index (χ0n) is 16.5. The van der Waals surface area contributed by atoms with Gasteiger partial charge in [0.25, 0.3) is 11.8 Å². The minimum atomic E-state index is -1.22. The zero-order valence-corrected chi connectivity index (χ0v) is 17.2. The molecule has 0 aromatic heterocycles. The van der Waals surface area contributed by atoms with Crippen LogP contribution in [0.4, 0.5) is 0 Å². The van der Waals surface area contributed by atoms with E-state index >= 15 is 0 Å². The molecule has 0 atom stereocenters. The number of carboxylic acid groups (broad SMARTS) is 1. The topological polar surface area (TPSA) is 116 Å². The van der Waals surface area contributed by atoms with Crippen molar-refractivity contribution in [3.63, 3.8) is 0 Å². The number of nitrogens with zero attached hydrogens (tertiary/aromatic N) is 1. The molecule has 1 aliphatic carbocycles. The highest BCUT2D eigenvalue weighted by atomic mass is 35.5. The van der Waals surface area contributed by atoms with Crippen LogP contribution in [-0.4, -0.2) is 58.6 Å². The zero-order chi connectivity index (χ0) is 21.7. The van der Waals surface area contributed by atoms with E-state index in [4.69, 9.17) is 21.4 Å².